The average molecular weight is 427 g/mol. The van der Waals surface area contributed by atoms with Crippen molar-refractivity contribution in [2.24, 2.45) is 5.92 Å². The monoisotopic (exact) mass is 426 g/mol. The molecule has 152 valence electrons. The lowest BCUT2D eigenvalue weighted by atomic mass is 9.96. The molecule has 0 saturated carbocycles. The van der Waals surface area contributed by atoms with Crippen LogP contribution >= 0.6 is 22.7 Å². The van der Waals surface area contributed by atoms with Crippen LogP contribution in [-0.4, -0.2) is 33.9 Å². The number of nitrogens with zero attached hydrogens (tertiary/aromatic N) is 3. The van der Waals surface area contributed by atoms with Crippen LogP contribution in [-0.2, 0) is 17.8 Å². The maximum atomic E-state index is 12.5. The Morgan fingerprint density at radius 1 is 1.14 bits per heavy atom. The summed E-state index contributed by atoms with van der Waals surface area (Å²) in [6, 6.07) is 8.68. The maximum Gasteiger partial charge on any atom is 0.229 e. The standard InChI is InChI=1S/C22H26N4OS2/c1-3-16-4-6-18(7-5-16)21-24-19(14-28-21)12-26-10-8-17(9-11-26)20(27)25-22-23-15(2)13-29-22/h4-7,13-14,17H,3,8-12H2,1-2H3,(H,23,25,27). The minimum atomic E-state index is 0.0681. The van der Waals surface area contributed by atoms with Gasteiger partial charge in [-0.3, -0.25) is 9.69 Å². The van der Waals surface area contributed by atoms with Gasteiger partial charge >= 0.3 is 0 Å². The summed E-state index contributed by atoms with van der Waals surface area (Å²) in [5, 5.41) is 8.87. The van der Waals surface area contributed by atoms with E-state index >= 15 is 0 Å². The number of benzene rings is 1. The van der Waals surface area contributed by atoms with Crippen LogP contribution in [0.1, 0.15) is 36.7 Å². The fourth-order valence-electron chi connectivity index (χ4n) is 3.60. The van der Waals surface area contributed by atoms with Crippen LogP contribution in [0.4, 0.5) is 5.13 Å². The molecule has 0 spiro atoms. The predicted molar refractivity (Wildman–Crippen MR) is 120 cm³/mol. The van der Waals surface area contributed by atoms with Crippen molar-refractivity contribution in [2.45, 2.75) is 39.7 Å². The fourth-order valence-corrected chi connectivity index (χ4v) is 5.10. The van der Waals surface area contributed by atoms with Gasteiger partial charge < -0.3 is 5.32 Å². The molecule has 0 atom stereocenters. The van der Waals surface area contributed by atoms with E-state index in [1.165, 1.54) is 22.5 Å². The summed E-state index contributed by atoms with van der Waals surface area (Å²) in [6.07, 6.45) is 2.82. The van der Waals surface area contributed by atoms with Crippen molar-refractivity contribution in [2.75, 3.05) is 18.4 Å². The number of aromatic nitrogens is 2. The van der Waals surface area contributed by atoms with Crippen LogP contribution in [0, 0.1) is 12.8 Å². The number of likely N-dealkylation sites (tertiary alicyclic amines) is 1. The van der Waals surface area contributed by atoms with Gasteiger partial charge in [-0.15, -0.1) is 22.7 Å². The highest BCUT2D eigenvalue weighted by molar-refractivity contribution is 7.14. The van der Waals surface area contributed by atoms with E-state index < -0.39 is 0 Å². The molecule has 4 rings (SSSR count). The number of rotatable bonds is 6. The third-order valence-corrected chi connectivity index (χ3v) is 7.17. The molecule has 1 amide bonds. The Labute approximate surface area is 179 Å². The summed E-state index contributed by atoms with van der Waals surface area (Å²) < 4.78 is 0. The first-order chi connectivity index (χ1) is 14.1. The van der Waals surface area contributed by atoms with Gasteiger partial charge in [0.25, 0.3) is 0 Å². The molecule has 1 aromatic carbocycles. The molecule has 3 heterocycles. The highest BCUT2D eigenvalue weighted by Crippen LogP contribution is 2.26. The van der Waals surface area contributed by atoms with Crippen LogP contribution in [0.2, 0.25) is 0 Å². The van der Waals surface area contributed by atoms with Crippen LogP contribution in [0.3, 0.4) is 0 Å². The van der Waals surface area contributed by atoms with Crippen molar-refractivity contribution < 1.29 is 4.79 Å². The van der Waals surface area contributed by atoms with Gasteiger partial charge in [0.2, 0.25) is 5.91 Å². The number of aryl methyl sites for hydroxylation is 2. The van der Waals surface area contributed by atoms with E-state index in [0.29, 0.717) is 5.13 Å². The molecular weight excluding hydrogens is 400 g/mol. The van der Waals surface area contributed by atoms with Crippen LogP contribution in [0.25, 0.3) is 10.6 Å². The molecule has 0 unspecified atom stereocenters. The van der Waals surface area contributed by atoms with Crippen molar-refractivity contribution in [1.29, 1.82) is 0 Å². The van der Waals surface area contributed by atoms with Crippen molar-refractivity contribution in [3.63, 3.8) is 0 Å². The van der Waals surface area contributed by atoms with E-state index in [1.807, 2.05) is 12.3 Å². The molecule has 1 aliphatic heterocycles. The number of hydrogen-bond acceptors (Lipinski definition) is 6. The van der Waals surface area contributed by atoms with Gasteiger partial charge in [-0.25, -0.2) is 9.97 Å². The molecular formula is C22H26N4OS2. The third-order valence-electron chi connectivity index (χ3n) is 5.35. The molecule has 0 radical (unpaired) electrons. The first kappa shape index (κ1) is 20.2. The second-order valence-corrected chi connectivity index (χ2v) is 9.24. The Hall–Kier alpha value is -2.09. The topological polar surface area (TPSA) is 58.1 Å². The summed E-state index contributed by atoms with van der Waals surface area (Å²) in [7, 11) is 0. The number of amides is 1. The molecule has 5 nitrogen and oxygen atoms in total. The SMILES string of the molecule is CCc1ccc(-c2nc(CN3CCC(C(=O)Nc4nc(C)cs4)CC3)cs2)cc1. The first-order valence-corrected chi connectivity index (χ1v) is 11.9. The zero-order valence-electron chi connectivity index (χ0n) is 16.9. The Bertz CT molecular complexity index is 955. The molecule has 1 fully saturated rings. The minimum absolute atomic E-state index is 0.0681. The van der Waals surface area contributed by atoms with Crippen molar-refractivity contribution in [3.8, 4) is 10.6 Å². The molecule has 1 N–H and O–H groups in total. The van der Waals surface area contributed by atoms with Crippen LogP contribution in [0.15, 0.2) is 35.0 Å². The van der Waals surface area contributed by atoms with E-state index in [0.717, 1.165) is 55.3 Å². The predicted octanol–water partition coefficient (Wildman–Crippen LogP) is 4.99. The quantitative estimate of drug-likeness (QED) is 0.603. The molecule has 29 heavy (non-hydrogen) atoms. The van der Waals surface area contributed by atoms with Gasteiger partial charge in [0.15, 0.2) is 5.13 Å². The molecule has 7 heteroatoms. The maximum absolute atomic E-state index is 12.5. The van der Waals surface area contributed by atoms with E-state index in [4.69, 9.17) is 4.98 Å². The number of thiazole rings is 2. The Morgan fingerprint density at radius 3 is 2.55 bits per heavy atom. The minimum Gasteiger partial charge on any atom is -0.302 e. The highest BCUT2D eigenvalue weighted by Gasteiger charge is 2.26. The number of carbonyl (C=O) groups excluding carboxylic acids is 1. The van der Waals surface area contributed by atoms with Crippen molar-refractivity contribution in [1.82, 2.24) is 14.9 Å². The van der Waals surface area contributed by atoms with E-state index in [2.05, 4.69) is 51.8 Å². The van der Waals surface area contributed by atoms with Gasteiger partial charge in [-0.2, -0.15) is 0 Å². The van der Waals surface area contributed by atoms with Gasteiger partial charge in [0, 0.05) is 28.8 Å². The van der Waals surface area contributed by atoms with Gasteiger partial charge in [0.05, 0.1) is 11.4 Å². The van der Waals surface area contributed by atoms with Crippen LogP contribution < -0.4 is 5.32 Å². The normalized spacial score (nSPS) is 15.5. The number of hydrogen-bond donors (Lipinski definition) is 1. The zero-order valence-corrected chi connectivity index (χ0v) is 18.5. The third kappa shape index (κ3) is 5.10. The summed E-state index contributed by atoms with van der Waals surface area (Å²) in [5.41, 5.74) is 4.60. The molecule has 3 aromatic rings. The van der Waals surface area contributed by atoms with Gasteiger partial charge in [-0.1, -0.05) is 31.2 Å². The van der Waals surface area contributed by atoms with Gasteiger partial charge in [-0.05, 0) is 44.8 Å². The molecule has 1 saturated heterocycles. The van der Waals surface area contributed by atoms with E-state index in [-0.39, 0.29) is 11.8 Å². The van der Waals surface area contributed by atoms with E-state index in [1.54, 1.807) is 11.3 Å². The lowest BCUT2D eigenvalue weighted by molar-refractivity contribution is -0.121. The first-order valence-electron chi connectivity index (χ1n) is 10.1. The Kier molecular flexibility index (Phi) is 6.37. The van der Waals surface area contributed by atoms with Gasteiger partial charge in [0.1, 0.15) is 5.01 Å². The molecule has 0 aliphatic carbocycles. The average Bonchev–Trinajstić information content (AvgIpc) is 3.37. The smallest absolute Gasteiger partial charge is 0.229 e. The van der Waals surface area contributed by atoms with E-state index in [9.17, 15) is 4.79 Å². The zero-order chi connectivity index (χ0) is 20.2. The highest BCUT2D eigenvalue weighted by atomic mass is 32.1. The number of nitrogens with one attached hydrogen (secondary N) is 1. The number of carbonyl (C=O) groups is 1. The summed E-state index contributed by atoms with van der Waals surface area (Å²) >= 11 is 3.19. The molecule has 2 aromatic heterocycles. The second kappa shape index (κ2) is 9.15. The lowest BCUT2D eigenvalue weighted by Crippen LogP contribution is -2.37. The largest absolute Gasteiger partial charge is 0.302 e. The van der Waals surface area contributed by atoms with Crippen LogP contribution in [0.5, 0.6) is 0 Å². The lowest BCUT2D eigenvalue weighted by Gasteiger charge is -2.30. The Morgan fingerprint density at radius 2 is 1.90 bits per heavy atom. The summed E-state index contributed by atoms with van der Waals surface area (Å²) in [5.74, 6) is 0.170. The van der Waals surface area contributed by atoms with Crippen molar-refractivity contribution >= 4 is 33.7 Å². The van der Waals surface area contributed by atoms with Crippen molar-refractivity contribution in [3.05, 3.63) is 52.0 Å². The number of anilines is 1. The number of piperidine rings is 1. The summed E-state index contributed by atoms with van der Waals surface area (Å²) in [4.78, 5) is 24.0. The molecule has 1 aliphatic rings. The fraction of sp³-hybridized carbons (Fsp3) is 0.409. The summed E-state index contributed by atoms with van der Waals surface area (Å²) in [6.45, 7) is 6.81. The Balaban J connectivity index is 1.28. The molecule has 0 bridgehead atoms. The second-order valence-electron chi connectivity index (χ2n) is 7.53.